The molecule has 0 radical (unpaired) electrons. The van der Waals surface area contributed by atoms with Crippen molar-refractivity contribution in [2.24, 2.45) is 16.3 Å². The second kappa shape index (κ2) is 7.97. The van der Waals surface area contributed by atoms with Crippen LogP contribution in [0.1, 0.15) is 53.9 Å². The molecule has 0 heterocycles. The molecule has 0 amide bonds. The molecule has 0 aromatic carbocycles. The Labute approximate surface area is 144 Å². The summed E-state index contributed by atoms with van der Waals surface area (Å²) in [6, 6.07) is 0.218. The molecule has 0 aromatic heterocycles. The highest BCUT2D eigenvalue weighted by Gasteiger charge is 2.29. The zero-order valence-electron chi connectivity index (χ0n) is 16.7. The van der Waals surface area contributed by atoms with Crippen LogP contribution < -0.4 is 0 Å². The van der Waals surface area contributed by atoms with Crippen LogP contribution in [-0.4, -0.2) is 33.8 Å². The number of ether oxygens (including phenoxy) is 1. The quantitative estimate of drug-likeness (QED) is 0.457. The topological polar surface area (TPSA) is 30.8 Å². The lowest BCUT2D eigenvalue weighted by molar-refractivity contribution is 0.136. The number of rotatable bonds is 7. The number of nitrogens with zero attached hydrogens (tertiary/aromatic N) is 1. The molecule has 0 saturated carbocycles. The normalized spacial score (nSPS) is 21.8. The standard InChI is InChI=1S/C19H37NO2Si/c1-14(20-18(13-21-6)19(3,4)5)12-16-10-11-17(15(16)2)22-23(7,8)9/h16,18H,10-13H2,1-9H3/t16-,18?/m1/s1. The molecule has 2 atom stereocenters. The molecule has 3 nitrogen and oxygen atoms in total. The second-order valence-electron chi connectivity index (χ2n) is 8.96. The third-order valence-corrected chi connectivity index (χ3v) is 5.30. The predicted octanol–water partition coefficient (Wildman–Crippen LogP) is 5.43. The molecule has 1 unspecified atom stereocenters. The van der Waals surface area contributed by atoms with Crippen LogP contribution in [0.3, 0.4) is 0 Å². The molecule has 4 heteroatoms. The minimum Gasteiger partial charge on any atom is -0.547 e. The summed E-state index contributed by atoms with van der Waals surface area (Å²) in [7, 11) is 0.257. The molecule has 134 valence electrons. The van der Waals surface area contributed by atoms with Crippen LogP contribution in [0, 0.1) is 11.3 Å². The zero-order chi connectivity index (χ0) is 17.8. The minimum atomic E-state index is -1.50. The first kappa shape index (κ1) is 20.4. The molecule has 0 saturated heterocycles. The molecular weight excluding hydrogens is 302 g/mol. The van der Waals surface area contributed by atoms with Crippen molar-refractivity contribution in [1.82, 2.24) is 0 Å². The van der Waals surface area contributed by atoms with Crippen molar-refractivity contribution in [3.8, 4) is 0 Å². The van der Waals surface area contributed by atoms with Gasteiger partial charge >= 0.3 is 0 Å². The minimum absolute atomic E-state index is 0.129. The smallest absolute Gasteiger partial charge is 0.241 e. The van der Waals surface area contributed by atoms with E-state index >= 15 is 0 Å². The molecule has 0 aliphatic heterocycles. The van der Waals surface area contributed by atoms with Gasteiger partial charge in [0.05, 0.1) is 18.4 Å². The van der Waals surface area contributed by atoms with Gasteiger partial charge in [0.2, 0.25) is 8.32 Å². The van der Waals surface area contributed by atoms with E-state index in [1.165, 1.54) is 23.5 Å². The van der Waals surface area contributed by atoms with Crippen molar-refractivity contribution in [2.75, 3.05) is 13.7 Å². The number of allylic oxidation sites excluding steroid dienone is 2. The van der Waals surface area contributed by atoms with Gasteiger partial charge in [-0.05, 0) is 63.2 Å². The van der Waals surface area contributed by atoms with Crippen molar-refractivity contribution < 1.29 is 9.16 Å². The van der Waals surface area contributed by atoms with E-state index in [2.05, 4.69) is 54.3 Å². The van der Waals surface area contributed by atoms with Gasteiger partial charge in [-0.3, -0.25) is 4.99 Å². The van der Waals surface area contributed by atoms with Gasteiger partial charge in [0.25, 0.3) is 0 Å². The molecule has 23 heavy (non-hydrogen) atoms. The van der Waals surface area contributed by atoms with Crippen LogP contribution in [0.5, 0.6) is 0 Å². The summed E-state index contributed by atoms with van der Waals surface area (Å²) in [6.07, 6.45) is 3.33. The molecule has 0 N–H and O–H groups in total. The number of methoxy groups -OCH3 is 1. The van der Waals surface area contributed by atoms with Crippen molar-refractivity contribution in [3.63, 3.8) is 0 Å². The van der Waals surface area contributed by atoms with Crippen LogP contribution in [0.25, 0.3) is 0 Å². The van der Waals surface area contributed by atoms with Gasteiger partial charge in [0.1, 0.15) is 0 Å². The lowest BCUT2D eigenvalue weighted by Crippen LogP contribution is -2.30. The Bertz CT molecular complexity index is 455. The average Bonchev–Trinajstić information content (AvgIpc) is 2.68. The third kappa shape index (κ3) is 6.80. The maximum absolute atomic E-state index is 6.26. The SMILES string of the molecule is COCC(N=C(C)C[C@H]1CCC(O[Si](C)(C)C)=C1C)C(C)(C)C. The largest absolute Gasteiger partial charge is 0.547 e. The van der Waals surface area contributed by atoms with Crippen LogP contribution in [0.2, 0.25) is 19.6 Å². The van der Waals surface area contributed by atoms with Crippen molar-refractivity contribution >= 4 is 14.0 Å². The maximum Gasteiger partial charge on any atom is 0.241 e. The van der Waals surface area contributed by atoms with Crippen molar-refractivity contribution in [2.45, 2.75) is 79.6 Å². The highest BCUT2D eigenvalue weighted by molar-refractivity contribution is 6.70. The van der Waals surface area contributed by atoms with Gasteiger partial charge in [-0.15, -0.1) is 0 Å². The summed E-state index contributed by atoms with van der Waals surface area (Å²) >= 11 is 0. The predicted molar refractivity (Wildman–Crippen MR) is 103 cm³/mol. The summed E-state index contributed by atoms with van der Waals surface area (Å²) in [6.45, 7) is 18.6. The van der Waals surface area contributed by atoms with Crippen molar-refractivity contribution in [3.05, 3.63) is 11.3 Å². The molecule has 1 aliphatic rings. The second-order valence-corrected chi connectivity index (χ2v) is 13.4. The molecule has 0 spiro atoms. The first-order valence-electron chi connectivity index (χ1n) is 8.85. The maximum atomic E-state index is 6.26. The molecule has 1 rings (SSSR count). The lowest BCUT2D eigenvalue weighted by atomic mass is 9.87. The van der Waals surface area contributed by atoms with E-state index in [-0.39, 0.29) is 11.5 Å². The summed E-state index contributed by atoms with van der Waals surface area (Å²) in [4.78, 5) is 4.97. The van der Waals surface area contributed by atoms with E-state index in [1.54, 1.807) is 7.11 Å². The summed E-state index contributed by atoms with van der Waals surface area (Å²) in [5.74, 6) is 1.85. The Hall–Kier alpha value is -0.613. The van der Waals surface area contributed by atoms with Gasteiger partial charge in [-0.25, -0.2) is 0 Å². The molecule has 1 aliphatic carbocycles. The highest BCUT2D eigenvalue weighted by Crippen LogP contribution is 2.36. The molecular formula is C19H37NO2Si. The lowest BCUT2D eigenvalue weighted by Gasteiger charge is -2.27. The van der Waals surface area contributed by atoms with Gasteiger partial charge in [-0.2, -0.15) is 0 Å². The van der Waals surface area contributed by atoms with E-state index in [0.29, 0.717) is 12.5 Å². The average molecular weight is 340 g/mol. The van der Waals surface area contributed by atoms with Gasteiger partial charge in [0.15, 0.2) is 0 Å². The Morgan fingerprint density at radius 3 is 2.39 bits per heavy atom. The van der Waals surface area contributed by atoms with E-state index in [4.69, 9.17) is 14.2 Å². The number of hydrogen-bond acceptors (Lipinski definition) is 3. The summed E-state index contributed by atoms with van der Waals surface area (Å²) in [5, 5.41) is 0. The number of hydrogen-bond donors (Lipinski definition) is 0. The Balaban J connectivity index is 2.77. The molecule has 0 bridgehead atoms. The van der Waals surface area contributed by atoms with Crippen molar-refractivity contribution in [1.29, 1.82) is 0 Å². The zero-order valence-corrected chi connectivity index (χ0v) is 17.7. The van der Waals surface area contributed by atoms with Gasteiger partial charge in [-0.1, -0.05) is 20.8 Å². The first-order chi connectivity index (χ1) is 10.4. The molecule has 0 aromatic rings. The van der Waals surface area contributed by atoms with E-state index in [9.17, 15) is 0 Å². The van der Waals surface area contributed by atoms with Crippen LogP contribution in [0.15, 0.2) is 16.3 Å². The highest BCUT2D eigenvalue weighted by atomic mass is 28.4. The van der Waals surface area contributed by atoms with E-state index < -0.39 is 8.32 Å². The number of aliphatic imine (C=N–C) groups is 1. The third-order valence-electron chi connectivity index (χ3n) is 4.44. The van der Waals surface area contributed by atoms with E-state index in [0.717, 1.165) is 12.8 Å². The Morgan fingerprint density at radius 1 is 1.30 bits per heavy atom. The Kier molecular flexibility index (Phi) is 7.08. The summed E-state index contributed by atoms with van der Waals surface area (Å²) < 4.78 is 11.6. The monoisotopic (exact) mass is 339 g/mol. The Morgan fingerprint density at radius 2 is 1.91 bits per heavy atom. The fraction of sp³-hybridized carbons (Fsp3) is 0.842. The molecule has 0 fully saturated rings. The van der Waals surface area contributed by atoms with E-state index in [1.807, 2.05) is 0 Å². The fourth-order valence-corrected chi connectivity index (χ4v) is 4.02. The van der Waals surface area contributed by atoms with Crippen LogP contribution in [-0.2, 0) is 9.16 Å². The summed E-state index contributed by atoms with van der Waals surface area (Å²) in [5.41, 5.74) is 2.81. The van der Waals surface area contributed by atoms with Crippen LogP contribution in [0.4, 0.5) is 0 Å². The first-order valence-corrected chi connectivity index (χ1v) is 12.3. The van der Waals surface area contributed by atoms with Gasteiger partial charge in [0, 0.05) is 19.2 Å². The van der Waals surface area contributed by atoms with Crippen LogP contribution >= 0.6 is 0 Å². The van der Waals surface area contributed by atoms with Gasteiger partial charge < -0.3 is 9.16 Å². The fourth-order valence-electron chi connectivity index (χ4n) is 3.02.